The Kier molecular flexibility index (Phi) is 7.10. The number of nitrogens with zero attached hydrogens (tertiary/aromatic N) is 5. The van der Waals surface area contributed by atoms with Gasteiger partial charge in [0.05, 0.1) is 29.0 Å². The Labute approximate surface area is 216 Å². The number of fused-ring (bicyclic) bond motifs is 2. The second kappa shape index (κ2) is 9.84. The summed E-state index contributed by atoms with van der Waals surface area (Å²) in [6.45, 7) is 1.88. The molecule has 3 aromatic rings. The molecule has 0 bridgehead atoms. The SMILES string of the molecule is Cl.Cn1c(=O)oc2ccc(CN3CCC(CC#N)(C(=O)N4CCc5ncc(C(F)(F)F)cc5C4)C3)cc21. The quantitative estimate of drug-likeness (QED) is 0.506. The third kappa shape index (κ3) is 4.95. The monoisotopic (exact) mass is 535 g/mol. The van der Waals surface area contributed by atoms with Gasteiger partial charge in [-0.1, -0.05) is 6.07 Å². The van der Waals surface area contributed by atoms with E-state index in [0.29, 0.717) is 61.4 Å². The number of hydrogen-bond acceptors (Lipinski definition) is 6. The fourth-order valence-corrected chi connectivity index (χ4v) is 5.26. The number of pyridine rings is 1. The summed E-state index contributed by atoms with van der Waals surface area (Å²) in [5, 5.41) is 9.53. The zero-order chi connectivity index (χ0) is 25.7. The summed E-state index contributed by atoms with van der Waals surface area (Å²) in [4.78, 5) is 33.1. The molecule has 0 spiro atoms. The third-order valence-electron chi connectivity index (χ3n) is 7.22. The van der Waals surface area contributed by atoms with E-state index in [4.69, 9.17) is 4.42 Å². The van der Waals surface area contributed by atoms with Gasteiger partial charge in [0.1, 0.15) is 0 Å². The van der Waals surface area contributed by atoms with Crippen LogP contribution in [0.2, 0.25) is 0 Å². The lowest BCUT2D eigenvalue weighted by Gasteiger charge is -2.36. The van der Waals surface area contributed by atoms with Crippen molar-refractivity contribution in [2.45, 2.75) is 38.5 Å². The number of carbonyl (C=O) groups is 1. The minimum absolute atomic E-state index is 0. The summed E-state index contributed by atoms with van der Waals surface area (Å²) >= 11 is 0. The first-order valence-corrected chi connectivity index (χ1v) is 11.6. The molecular formula is C25H25ClF3N5O3. The van der Waals surface area contributed by atoms with Gasteiger partial charge in [-0.3, -0.25) is 19.2 Å². The van der Waals surface area contributed by atoms with Crippen LogP contribution < -0.4 is 5.76 Å². The number of nitriles is 1. The zero-order valence-corrected chi connectivity index (χ0v) is 20.9. The maximum Gasteiger partial charge on any atom is 0.419 e. The first-order chi connectivity index (χ1) is 17.1. The summed E-state index contributed by atoms with van der Waals surface area (Å²) in [5.74, 6) is -0.648. The third-order valence-corrected chi connectivity index (χ3v) is 7.22. The molecule has 0 aliphatic carbocycles. The Bertz CT molecular complexity index is 1440. The van der Waals surface area contributed by atoms with Crippen molar-refractivity contribution in [1.29, 1.82) is 5.26 Å². The van der Waals surface area contributed by atoms with Gasteiger partial charge in [-0.25, -0.2) is 4.79 Å². The molecule has 1 atom stereocenters. The first-order valence-electron chi connectivity index (χ1n) is 11.6. The number of aromatic nitrogens is 2. The molecule has 1 unspecified atom stereocenters. The van der Waals surface area contributed by atoms with Crippen LogP contribution in [0.1, 0.15) is 35.2 Å². The van der Waals surface area contributed by atoms with Crippen molar-refractivity contribution >= 4 is 29.4 Å². The van der Waals surface area contributed by atoms with Crippen LogP contribution in [-0.2, 0) is 37.5 Å². The van der Waals surface area contributed by atoms with Crippen LogP contribution in [0.5, 0.6) is 0 Å². The van der Waals surface area contributed by atoms with E-state index < -0.39 is 22.9 Å². The van der Waals surface area contributed by atoms with E-state index in [0.717, 1.165) is 17.8 Å². The minimum atomic E-state index is -4.51. The molecule has 1 fully saturated rings. The smallest absolute Gasteiger partial charge is 0.408 e. The summed E-state index contributed by atoms with van der Waals surface area (Å²) in [6, 6.07) is 8.70. The van der Waals surface area contributed by atoms with E-state index in [1.807, 2.05) is 12.1 Å². The van der Waals surface area contributed by atoms with E-state index in [1.165, 1.54) is 4.57 Å². The van der Waals surface area contributed by atoms with Crippen molar-refractivity contribution in [2.75, 3.05) is 19.6 Å². The van der Waals surface area contributed by atoms with Crippen molar-refractivity contribution in [2.24, 2.45) is 12.5 Å². The largest absolute Gasteiger partial charge is 0.419 e. The highest BCUT2D eigenvalue weighted by Gasteiger charge is 2.47. The van der Waals surface area contributed by atoms with Gasteiger partial charge in [0.15, 0.2) is 5.58 Å². The van der Waals surface area contributed by atoms with Crippen molar-refractivity contribution in [3.63, 3.8) is 0 Å². The Morgan fingerprint density at radius 3 is 2.78 bits per heavy atom. The molecule has 4 heterocycles. The molecular weight excluding hydrogens is 511 g/mol. The number of rotatable bonds is 4. The van der Waals surface area contributed by atoms with Crippen LogP contribution in [0, 0.1) is 16.7 Å². The molecule has 0 radical (unpaired) electrons. The molecule has 8 nitrogen and oxygen atoms in total. The zero-order valence-electron chi connectivity index (χ0n) is 20.0. The minimum Gasteiger partial charge on any atom is -0.408 e. The predicted octanol–water partition coefficient (Wildman–Crippen LogP) is 3.66. The number of likely N-dealkylation sites (tertiary alicyclic amines) is 1. The topological polar surface area (TPSA) is 95.4 Å². The van der Waals surface area contributed by atoms with Gasteiger partial charge in [-0.05, 0) is 42.3 Å². The molecule has 5 rings (SSSR count). The van der Waals surface area contributed by atoms with Gasteiger partial charge < -0.3 is 9.32 Å². The van der Waals surface area contributed by atoms with E-state index in [9.17, 15) is 28.0 Å². The standard InChI is InChI=1S/C25H24F3N5O3.ClH/c1-31-20-10-16(2-3-21(20)36-23(31)35)13-32-9-6-24(15-32,5-7-29)22(34)33-8-4-19-17(14-33)11-18(12-30-19)25(26,27)28;/h2-3,10-12H,4-6,8-9,13-15H2,1H3;1H. The van der Waals surface area contributed by atoms with E-state index in [1.54, 1.807) is 18.0 Å². The average molecular weight is 536 g/mol. The molecule has 2 aliphatic rings. The highest BCUT2D eigenvalue weighted by Crippen LogP contribution is 2.38. The van der Waals surface area contributed by atoms with Gasteiger partial charge >= 0.3 is 11.9 Å². The number of hydrogen-bond donors (Lipinski definition) is 0. The van der Waals surface area contributed by atoms with Crippen LogP contribution >= 0.6 is 12.4 Å². The number of carbonyl (C=O) groups excluding carboxylic acids is 1. The summed E-state index contributed by atoms with van der Waals surface area (Å²) in [6.07, 6.45) is -2.79. The Morgan fingerprint density at radius 2 is 2.05 bits per heavy atom. The summed E-state index contributed by atoms with van der Waals surface area (Å²) < 4.78 is 46.1. The lowest BCUT2D eigenvalue weighted by atomic mass is 9.82. The molecule has 1 saturated heterocycles. The lowest BCUT2D eigenvalue weighted by Crippen LogP contribution is -2.47. The van der Waals surface area contributed by atoms with Crippen molar-refractivity contribution in [3.05, 3.63) is 63.4 Å². The Balaban J connectivity index is 0.00000320. The van der Waals surface area contributed by atoms with Crippen LogP contribution in [0.3, 0.4) is 0 Å². The van der Waals surface area contributed by atoms with Crippen LogP contribution in [0.4, 0.5) is 13.2 Å². The molecule has 12 heteroatoms. The molecule has 37 heavy (non-hydrogen) atoms. The molecule has 1 amide bonds. The number of alkyl halides is 3. The molecule has 2 aliphatic heterocycles. The summed E-state index contributed by atoms with van der Waals surface area (Å²) in [7, 11) is 1.63. The van der Waals surface area contributed by atoms with Crippen molar-refractivity contribution < 1.29 is 22.4 Å². The predicted molar refractivity (Wildman–Crippen MR) is 130 cm³/mol. The van der Waals surface area contributed by atoms with Crippen LogP contribution in [0.25, 0.3) is 11.1 Å². The van der Waals surface area contributed by atoms with E-state index in [-0.39, 0.29) is 31.3 Å². The number of halogens is 4. The molecule has 0 saturated carbocycles. The van der Waals surface area contributed by atoms with Gasteiger partial charge in [0.2, 0.25) is 5.91 Å². The first kappa shape index (κ1) is 26.7. The molecule has 2 aromatic heterocycles. The summed E-state index contributed by atoms with van der Waals surface area (Å²) in [5.41, 5.74) is 1.32. The van der Waals surface area contributed by atoms with Crippen LogP contribution in [-0.4, -0.2) is 44.9 Å². The van der Waals surface area contributed by atoms with Gasteiger partial charge in [-0.15, -0.1) is 12.4 Å². The molecule has 0 N–H and O–H groups in total. The Hall–Kier alpha value is -3.36. The lowest BCUT2D eigenvalue weighted by molar-refractivity contribution is -0.142. The molecule has 196 valence electrons. The van der Waals surface area contributed by atoms with Gasteiger partial charge in [0.25, 0.3) is 0 Å². The fourth-order valence-electron chi connectivity index (χ4n) is 5.26. The van der Waals surface area contributed by atoms with Gasteiger partial charge in [-0.2, -0.15) is 18.4 Å². The second-order valence-corrected chi connectivity index (χ2v) is 9.61. The van der Waals surface area contributed by atoms with E-state index in [2.05, 4.69) is 16.0 Å². The van der Waals surface area contributed by atoms with Gasteiger partial charge in [0, 0.05) is 51.5 Å². The molecule has 1 aromatic carbocycles. The maximum atomic E-state index is 13.7. The maximum absolute atomic E-state index is 13.7. The van der Waals surface area contributed by atoms with E-state index >= 15 is 0 Å². The average Bonchev–Trinajstić information content (AvgIpc) is 3.38. The number of amides is 1. The highest BCUT2D eigenvalue weighted by atomic mass is 35.5. The van der Waals surface area contributed by atoms with Crippen molar-refractivity contribution in [1.82, 2.24) is 19.4 Å². The number of benzene rings is 1. The van der Waals surface area contributed by atoms with Crippen LogP contribution in [0.15, 0.2) is 39.7 Å². The Morgan fingerprint density at radius 1 is 1.27 bits per heavy atom. The fraction of sp³-hybridized carbons (Fsp3) is 0.440. The van der Waals surface area contributed by atoms with Crippen molar-refractivity contribution in [3.8, 4) is 6.07 Å². The second-order valence-electron chi connectivity index (χ2n) is 9.61. The number of aryl methyl sites for hydroxylation is 1. The normalized spacial score (nSPS) is 19.9. The highest BCUT2D eigenvalue weighted by molar-refractivity contribution is 5.85. The number of oxazole rings is 1.